The van der Waals surface area contributed by atoms with E-state index in [9.17, 15) is 10.1 Å². The summed E-state index contributed by atoms with van der Waals surface area (Å²) in [6.45, 7) is 2.79. The van der Waals surface area contributed by atoms with E-state index in [-0.39, 0.29) is 0 Å². The Morgan fingerprint density at radius 2 is 2.12 bits per heavy atom. The van der Waals surface area contributed by atoms with Crippen LogP contribution >= 0.6 is 11.3 Å². The van der Waals surface area contributed by atoms with Crippen LogP contribution < -0.4 is 15.7 Å². The highest BCUT2D eigenvalue weighted by Crippen LogP contribution is 2.27. The number of fused-ring (bicyclic) bond motifs is 1. The first-order valence-corrected chi connectivity index (χ1v) is 11.1. The summed E-state index contributed by atoms with van der Waals surface area (Å²) in [5.41, 5.74) is 2.09. The average Bonchev–Trinajstić information content (AvgIpc) is 3.29. The highest BCUT2D eigenvalue weighted by atomic mass is 32.1. The molecule has 7 heteroatoms. The molecule has 6 nitrogen and oxygen atoms in total. The Bertz CT molecular complexity index is 1360. The van der Waals surface area contributed by atoms with Crippen LogP contribution in [0.25, 0.3) is 27.8 Å². The molecule has 2 heterocycles. The Kier molecular flexibility index (Phi) is 6.63. The summed E-state index contributed by atoms with van der Waals surface area (Å²) in [6, 6.07) is 18.8. The van der Waals surface area contributed by atoms with Gasteiger partial charge in [-0.15, -0.1) is 11.3 Å². The number of allylic oxidation sites excluding steroid dienone is 1. The molecule has 160 valence electrons. The molecule has 32 heavy (non-hydrogen) atoms. The predicted octanol–water partition coefficient (Wildman–Crippen LogP) is 6.07. The number of thiazole rings is 1. The van der Waals surface area contributed by atoms with Crippen LogP contribution in [-0.4, -0.2) is 11.6 Å². The number of aromatic nitrogens is 1. The number of rotatable bonds is 8. The number of ether oxygens (including phenoxy) is 1. The fourth-order valence-electron chi connectivity index (χ4n) is 3.07. The maximum Gasteiger partial charge on any atom is 0.345 e. The number of nitrogens with zero attached hydrogens (tertiary/aromatic N) is 2. The number of benzene rings is 2. The molecule has 0 fully saturated rings. The minimum absolute atomic E-state index is 0.365. The second-order valence-corrected chi connectivity index (χ2v) is 7.93. The molecule has 0 spiro atoms. The van der Waals surface area contributed by atoms with Gasteiger partial charge in [-0.25, -0.2) is 9.78 Å². The molecule has 2 aromatic carbocycles. The molecule has 0 saturated heterocycles. The van der Waals surface area contributed by atoms with Crippen LogP contribution in [0.3, 0.4) is 0 Å². The Hall–Kier alpha value is -3.89. The summed E-state index contributed by atoms with van der Waals surface area (Å²) in [5, 5.41) is 15.8. The molecule has 4 aromatic rings. The van der Waals surface area contributed by atoms with E-state index >= 15 is 0 Å². The van der Waals surface area contributed by atoms with E-state index in [4.69, 9.17) is 9.15 Å². The number of hydrogen-bond donors (Lipinski definition) is 1. The molecule has 1 N–H and O–H groups in total. The molecule has 0 aliphatic heterocycles. The van der Waals surface area contributed by atoms with Gasteiger partial charge in [0.25, 0.3) is 0 Å². The van der Waals surface area contributed by atoms with E-state index in [1.54, 1.807) is 23.7 Å². The second-order valence-electron chi connectivity index (χ2n) is 7.07. The summed E-state index contributed by atoms with van der Waals surface area (Å²) in [6.07, 6.45) is 3.68. The first kappa shape index (κ1) is 21.3. The van der Waals surface area contributed by atoms with Crippen LogP contribution in [0.5, 0.6) is 5.75 Å². The summed E-state index contributed by atoms with van der Waals surface area (Å²) in [5.74, 6) is 0.773. The van der Waals surface area contributed by atoms with E-state index in [0.29, 0.717) is 34.0 Å². The van der Waals surface area contributed by atoms with Crippen molar-refractivity contribution in [1.82, 2.24) is 4.98 Å². The SMILES string of the molecule is CCCCOc1cccc(N/C=C(\C#N)c2nc(-c3cc4ccccc4oc3=O)cs2)c1. The molecule has 2 aromatic heterocycles. The van der Waals surface area contributed by atoms with Crippen molar-refractivity contribution in [2.24, 2.45) is 0 Å². The third kappa shape index (κ3) is 4.88. The van der Waals surface area contributed by atoms with Gasteiger partial charge in [-0.2, -0.15) is 5.26 Å². The molecule has 0 unspecified atom stereocenters. The molecule has 0 aliphatic rings. The number of anilines is 1. The van der Waals surface area contributed by atoms with Crippen molar-refractivity contribution in [3.05, 3.63) is 81.6 Å². The van der Waals surface area contributed by atoms with Gasteiger partial charge in [0.15, 0.2) is 0 Å². The lowest BCUT2D eigenvalue weighted by molar-refractivity contribution is 0.309. The number of para-hydroxylation sites is 1. The van der Waals surface area contributed by atoms with E-state index in [1.165, 1.54) is 11.3 Å². The number of unbranched alkanes of at least 4 members (excludes halogenated alkanes) is 1. The van der Waals surface area contributed by atoms with Gasteiger partial charge >= 0.3 is 5.63 Å². The topological polar surface area (TPSA) is 88.2 Å². The minimum Gasteiger partial charge on any atom is -0.494 e. The van der Waals surface area contributed by atoms with Gasteiger partial charge in [0.1, 0.15) is 28.0 Å². The van der Waals surface area contributed by atoms with E-state index in [1.807, 2.05) is 42.5 Å². The normalized spacial score (nSPS) is 11.3. The molecule has 4 rings (SSSR count). The average molecular weight is 444 g/mol. The second kappa shape index (κ2) is 9.94. The van der Waals surface area contributed by atoms with Crippen molar-refractivity contribution in [2.45, 2.75) is 19.8 Å². The van der Waals surface area contributed by atoms with Gasteiger partial charge in [0.05, 0.1) is 17.9 Å². The molecule has 0 bridgehead atoms. The van der Waals surface area contributed by atoms with Gasteiger partial charge in [0, 0.05) is 28.7 Å². The zero-order valence-corrected chi connectivity index (χ0v) is 18.3. The number of nitrogens with one attached hydrogen (secondary N) is 1. The van der Waals surface area contributed by atoms with Crippen molar-refractivity contribution < 1.29 is 9.15 Å². The molecule has 0 aliphatic carbocycles. The quantitative estimate of drug-likeness (QED) is 0.202. The molecular weight excluding hydrogens is 422 g/mol. The van der Waals surface area contributed by atoms with Crippen molar-refractivity contribution in [3.63, 3.8) is 0 Å². The molecule has 0 saturated carbocycles. The van der Waals surface area contributed by atoms with Crippen LogP contribution in [0.2, 0.25) is 0 Å². The first-order valence-electron chi connectivity index (χ1n) is 10.3. The smallest absolute Gasteiger partial charge is 0.345 e. The lowest BCUT2D eigenvalue weighted by atomic mass is 10.1. The van der Waals surface area contributed by atoms with Gasteiger partial charge in [-0.05, 0) is 30.7 Å². The van der Waals surface area contributed by atoms with E-state index < -0.39 is 5.63 Å². The van der Waals surface area contributed by atoms with Crippen molar-refractivity contribution in [1.29, 1.82) is 5.26 Å². The maximum atomic E-state index is 12.4. The maximum absolute atomic E-state index is 12.4. The Balaban J connectivity index is 1.55. The Labute approximate surface area is 189 Å². The monoisotopic (exact) mass is 443 g/mol. The Morgan fingerprint density at radius 1 is 1.25 bits per heavy atom. The number of nitriles is 1. The third-order valence-electron chi connectivity index (χ3n) is 4.76. The van der Waals surface area contributed by atoms with Crippen molar-refractivity contribution in [3.8, 4) is 23.1 Å². The summed E-state index contributed by atoms with van der Waals surface area (Å²) >= 11 is 1.30. The zero-order valence-electron chi connectivity index (χ0n) is 17.5. The van der Waals surface area contributed by atoms with Crippen LogP contribution in [-0.2, 0) is 0 Å². The minimum atomic E-state index is -0.457. The molecule has 0 amide bonds. The summed E-state index contributed by atoms with van der Waals surface area (Å²) < 4.78 is 11.1. The first-order chi connectivity index (χ1) is 15.7. The molecule has 0 radical (unpaired) electrons. The van der Waals surface area contributed by atoms with E-state index in [0.717, 1.165) is 29.7 Å². The standard InChI is InChI=1S/C25H21N3O3S/c1-2-3-11-30-20-9-6-8-19(13-20)27-15-18(14-26)24-28-22(16-32-24)21-12-17-7-4-5-10-23(17)31-25(21)29/h4-10,12-13,15-16,27H,2-3,11H2,1H3/b18-15+. The van der Waals surface area contributed by atoms with Crippen LogP contribution in [0.4, 0.5) is 5.69 Å². The molecule has 0 atom stereocenters. The zero-order chi connectivity index (χ0) is 22.3. The van der Waals surface area contributed by atoms with Gasteiger partial charge in [0.2, 0.25) is 0 Å². The van der Waals surface area contributed by atoms with Gasteiger partial charge in [-0.3, -0.25) is 0 Å². The highest BCUT2D eigenvalue weighted by molar-refractivity contribution is 7.11. The predicted molar refractivity (Wildman–Crippen MR) is 128 cm³/mol. The Morgan fingerprint density at radius 3 is 2.97 bits per heavy atom. The fourth-order valence-corrected chi connectivity index (χ4v) is 3.85. The molecular formula is C25H21N3O3S. The van der Waals surface area contributed by atoms with Crippen LogP contribution in [0.15, 0.2) is 75.4 Å². The number of hydrogen-bond acceptors (Lipinski definition) is 7. The summed E-state index contributed by atoms with van der Waals surface area (Å²) in [4.78, 5) is 16.9. The van der Waals surface area contributed by atoms with Gasteiger partial charge < -0.3 is 14.5 Å². The lowest BCUT2D eigenvalue weighted by Gasteiger charge is -2.07. The highest BCUT2D eigenvalue weighted by Gasteiger charge is 2.13. The summed E-state index contributed by atoms with van der Waals surface area (Å²) in [7, 11) is 0. The third-order valence-corrected chi connectivity index (χ3v) is 5.63. The van der Waals surface area contributed by atoms with Crippen LogP contribution in [0, 0.1) is 11.3 Å². The van der Waals surface area contributed by atoms with Crippen molar-refractivity contribution >= 4 is 33.6 Å². The van der Waals surface area contributed by atoms with E-state index in [2.05, 4.69) is 23.3 Å². The van der Waals surface area contributed by atoms with Crippen molar-refractivity contribution in [2.75, 3.05) is 11.9 Å². The van der Waals surface area contributed by atoms with Gasteiger partial charge in [-0.1, -0.05) is 37.6 Å². The lowest BCUT2D eigenvalue weighted by Crippen LogP contribution is -2.02. The largest absolute Gasteiger partial charge is 0.494 e. The van der Waals surface area contributed by atoms with Crippen LogP contribution in [0.1, 0.15) is 24.8 Å². The fraction of sp³-hybridized carbons (Fsp3) is 0.160.